The van der Waals surface area contributed by atoms with E-state index in [1.807, 2.05) is 0 Å². The number of carboxylic acid groups (broad SMARTS) is 1. The lowest BCUT2D eigenvalue weighted by atomic mass is 9.99. The Hall–Kier alpha value is -7.14. The molecule has 68 heavy (non-hydrogen) atoms. The van der Waals surface area contributed by atoms with Crippen molar-refractivity contribution in [2.45, 2.75) is 127 Å². The predicted octanol–water partition coefficient (Wildman–Crippen LogP) is -2.84. The molecule has 374 valence electrons. The van der Waals surface area contributed by atoms with Gasteiger partial charge in [0.1, 0.15) is 36.3 Å². The molecule has 0 bridgehead atoms. The van der Waals surface area contributed by atoms with E-state index in [-0.39, 0.29) is 56.9 Å². The molecule has 0 saturated carbocycles. The fraction of sp³-hybridized carbons (Fsp3) is 0.511. The Morgan fingerprint density at radius 3 is 1.51 bits per heavy atom. The lowest BCUT2D eigenvalue weighted by molar-refractivity contribution is -0.138. The lowest BCUT2D eigenvalue weighted by Gasteiger charge is -2.28. The summed E-state index contributed by atoms with van der Waals surface area (Å²) in [6.45, 7) is 4.03. The number of nitrogens with one attached hydrogen (secondary N) is 6. The molecule has 0 heterocycles. The lowest BCUT2D eigenvalue weighted by Crippen LogP contribution is -2.60. The average molecular weight is 952 g/mol. The Balaban J connectivity index is 2.45. The molecule has 0 aliphatic heterocycles. The minimum absolute atomic E-state index is 0.00473. The normalized spacial score (nSPS) is 14.0. The Morgan fingerprint density at radius 2 is 1.01 bits per heavy atom. The number of aliphatic imine (C=N–C) groups is 1. The van der Waals surface area contributed by atoms with Crippen LogP contribution < -0.4 is 66.3 Å². The molecule has 23 heteroatoms. The van der Waals surface area contributed by atoms with E-state index in [1.165, 1.54) is 0 Å². The summed E-state index contributed by atoms with van der Waals surface area (Å²) >= 11 is 0. The van der Waals surface area contributed by atoms with Crippen LogP contribution in [0.15, 0.2) is 65.7 Å². The first-order chi connectivity index (χ1) is 32.2. The largest absolute Gasteiger partial charge is 0.481 e. The SMILES string of the molecule is CC(C)C[C@H](NC(=O)[C@H](Cc1ccccc1)NC(=O)[C@H](CCC(=O)O)NC(=O)[C@H](CC(N)=O)NC(=O)[C@@H](N)CCCCN)C(=O)N[C@@H](CCCN=C(N)N)C(=O)N[C@@H](Cc1ccccc1)C(N)=O. The summed E-state index contributed by atoms with van der Waals surface area (Å²) in [6, 6.07) is 7.78. The summed E-state index contributed by atoms with van der Waals surface area (Å²) in [5, 5.41) is 24.8. The van der Waals surface area contributed by atoms with E-state index < -0.39 is 115 Å². The molecule has 0 unspecified atom stereocenters. The monoisotopic (exact) mass is 952 g/mol. The Morgan fingerprint density at radius 1 is 0.559 bits per heavy atom. The topological polar surface area (TPSA) is 415 Å². The average Bonchev–Trinajstić information content (AvgIpc) is 3.27. The van der Waals surface area contributed by atoms with Crippen LogP contribution in [0.2, 0.25) is 0 Å². The molecule has 0 saturated heterocycles. The van der Waals surface area contributed by atoms with Crippen molar-refractivity contribution in [1.82, 2.24) is 31.9 Å². The van der Waals surface area contributed by atoms with Gasteiger partial charge in [0.25, 0.3) is 0 Å². The second-order valence-electron chi connectivity index (χ2n) is 16.7. The van der Waals surface area contributed by atoms with Crippen LogP contribution in [0.4, 0.5) is 0 Å². The van der Waals surface area contributed by atoms with Gasteiger partial charge in [-0.3, -0.25) is 48.1 Å². The first-order valence-electron chi connectivity index (χ1n) is 22.4. The number of guanidine groups is 1. The summed E-state index contributed by atoms with van der Waals surface area (Å²) in [5.41, 5.74) is 34.7. The van der Waals surface area contributed by atoms with Gasteiger partial charge in [-0.15, -0.1) is 0 Å². The molecule has 7 atom stereocenters. The number of hydrogen-bond donors (Lipinski definition) is 13. The zero-order valence-electron chi connectivity index (χ0n) is 38.6. The summed E-state index contributed by atoms with van der Waals surface area (Å²) in [6.07, 6.45) is -0.354. The summed E-state index contributed by atoms with van der Waals surface area (Å²) in [5.74, 6) is -8.78. The van der Waals surface area contributed by atoms with Crippen LogP contribution in [0, 0.1) is 5.92 Å². The molecule has 0 aliphatic carbocycles. The fourth-order valence-corrected chi connectivity index (χ4v) is 6.83. The quantitative estimate of drug-likeness (QED) is 0.0200. The Labute approximate surface area is 395 Å². The highest BCUT2D eigenvalue weighted by atomic mass is 16.4. The number of nitrogens with two attached hydrogens (primary N) is 6. The maximum Gasteiger partial charge on any atom is 0.303 e. The molecule has 2 aromatic carbocycles. The van der Waals surface area contributed by atoms with Crippen molar-refractivity contribution in [2.75, 3.05) is 13.1 Å². The van der Waals surface area contributed by atoms with Gasteiger partial charge in [0.05, 0.1) is 12.5 Å². The van der Waals surface area contributed by atoms with E-state index in [0.717, 1.165) is 0 Å². The van der Waals surface area contributed by atoms with Crippen molar-refractivity contribution in [3.05, 3.63) is 71.8 Å². The number of benzene rings is 2. The first kappa shape index (κ1) is 57.0. The minimum atomic E-state index is -1.63. The second kappa shape index (κ2) is 30.2. The molecule has 8 amide bonds. The molecular weight excluding hydrogens is 883 g/mol. The van der Waals surface area contributed by atoms with Crippen LogP contribution in [0.25, 0.3) is 0 Å². The van der Waals surface area contributed by atoms with Crippen molar-refractivity contribution in [1.29, 1.82) is 0 Å². The van der Waals surface area contributed by atoms with Gasteiger partial charge in [0, 0.05) is 25.8 Å². The van der Waals surface area contributed by atoms with Crippen LogP contribution >= 0.6 is 0 Å². The van der Waals surface area contributed by atoms with E-state index in [4.69, 9.17) is 34.4 Å². The zero-order chi connectivity index (χ0) is 50.8. The van der Waals surface area contributed by atoms with Crippen molar-refractivity contribution >= 4 is 59.2 Å². The Kier molecular flexibility index (Phi) is 25.3. The van der Waals surface area contributed by atoms with E-state index in [2.05, 4.69) is 36.9 Å². The molecule has 23 nitrogen and oxygen atoms in total. The third-order valence-electron chi connectivity index (χ3n) is 10.4. The molecule has 0 aromatic heterocycles. The van der Waals surface area contributed by atoms with Crippen molar-refractivity contribution in [3.63, 3.8) is 0 Å². The van der Waals surface area contributed by atoms with Gasteiger partial charge in [-0.2, -0.15) is 0 Å². The van der Waals surface area contributed by atoms with Gasteiger partial charge in [0.15, 0.2) is 5.96 Å². The van der Waals surface area contributed by atoms with Gasteiger partial charge in [-0.05, 0) is 62.1 Å². The van der Waals surface area contributed by atoms with Gasteiger partial charge in [-0.25, -0.2) is 0 Å². The number of carbonyl (C=O) groups excluding carboxylic acids is 8. The van der Waals surface area contributed by atoms with Crippen LogP contribution in [0.1, 0.15) is 82.8 Å². The number of carboxylic acids is 1. The van der Waals surface area contributed by atoms with E-state index in [1.54, 1.807) is 74.5 Å². The third kappa shape index (κ3) is 22.4. The van der Waals surface area contributed by atoms with E-state index in [0.29, 0.717) is 30.5 Å². The summed E-state index contributed by atoms with van der Waals surface area (Å²) in [7, 11) is 0. The number of aliphatic carboxylic acids is 1. The Bertz CT molecular complexity index is 2020. The number of carbonyl (C=O) groups is 9. The van der Waals surface area contributed by atoms with Crippen LogP contribution in [0.3, 0.4) is 0 Å². The van der Waals surface area contributed by atoms with Crippen molar-refractivity contribution in [2.24, 2.45) is 45.3 Å². The van der Waals surface area contributed by atoms with Crippen LogP contribution in [0.5, 0.6) is 0 Å². The maximum atomic E-state index is 14.3. The molecular formula is C45H69N13O10. The van der Waals surface area contributed by atoms with Crippen molar-refractivity contribution < 1.29 is 48.3 Å². The minimum Gasteiger partial charge on any atom is -0.481 e. The maximum absolute atomic E-state index is 14.3. The van der Waals surface area contributed by atoms with Gasteiger partial charge >= 0.3 is 5.97 Å². The predicted molar refractivity (Wildman–Crippen MR) is 252 cm³/mol. The van der Waals surface area contributed by atoms with E-state index >= 15 is 0 Å². The molecule has 0 fully saturated rings. The van der Waals surface area contributed by atoms with E-state index in [9.17, 15) is 48.3 Å². The van der Waals surface area contributed by atoms with Crippen LogP contribution in [-0.2, 0) is 56.0 Å². The number of unbranched alkanes of at least 4 members (excludes halogenated alkanes) is 1. The first-order valence-corrected chi connectivity index (χ1v) is 22.4. The smallest absolute Gasteiger partial charge is 0.303 e. The second-order valence-corrected chi connectivity index (χ2v) is 16.7. The molecule has 0 radical (unpaired) electrons. The molecule has 19 N–H and O–H groups in total. The molecule has 2 aromatic rings. The molecule has 0 aliphatic rings. The zero-order valence-corrected chi connectivity index (χ0v) is 38.6. The van der Waals surface area contributed by atoms with Crippen molar-refractivity contribution in [3.8, 4) is 0 Å². The number of amides is 8. The fourth-order valence-electron chi connectivity index (χ4n) is 6.83. The number of nitrogens with zero attached hydrogens (tertiary/aromatic N) is 1. The number of hydrogen-bond acceptors (Lipinski definition) is 12. The molecule has 0 spiro atoms. The van der Waals surface area contributed by atoms with Crippen LogP contribution in [-0.4, -0.2) is 120 Å². The number of primary amides is 2. The highest BCUT2D eigenvalue weighted by molar-refractivity contribution is 5.98. The van der Waals surface area contributed by atoms with Gasteiger partial charge < -0.3 is 71.4 Å². The number of rotatable bonds is 32. The summed E-state index contributed by atoms with van der Waals surface area (Å²) < 4.78 is 0. The summed E-state index contributed by atoms with van der Waals surface area (Å²) in [4.78, 5) is 123. The third-order valence-corrected chi connectivity index (χ3v) is 10.4. The highest BCUT2D eigenvalue weighted by Crippen LogP contribution is 2.12. The van der Waals surface area contributed by atoms with Gasteiger partial charge in [0.2, 0.25) is 47.3 Å². The highest BCUT2D eigenvalue weighted by Gasteiger charge is 2.34. The molecule has 2 rings (SSSR count). The standard InChI is InChI=1S/C45H69N13O10/c1-26(2)22-33(42(66)53-30(17-11-21-52-45(50)51)40(64)55-32(38(49)62)23-27-12-5-3-6-13-27)57-43(67)34(24-28-14-7-4-8-15-28)58-41(65)31(18-19-37(60)61)54-44(68)35(25-36(48)59)56-39(63)29(47)16-9-10-20-46/h3-8,12-15,26,29-35H,9-11,16-25,46-47H2,1-2H3,(H2,48,59)(H2,49,62)(H,53,66)(H,54,68)(H,55,64)(H,56,63)(H,57,67)(H,58,65)(H,60,61)(H4,50,51,52)/t29-,30-,31-,32-,33-,34-,35-/m0/s1. The van der Waals surface area contributed by atoms with Gasteiger partial charge in [-0.1, -0.05) is 80.9 Å².